The highest BCUT2D eigenvalue weighted by atomic mass is 79.9. The van der Waals surface area contributed by atoms with Crippen LogP contribution in [0.2, 0.25) is 0 Å². The maximum atomic E-state index is 11.9. The quantitative estimate of drug-likeness (QED) is 0.785. The van der Waals surface area contributed by atoms with Crippen LogP contribution in [0.3, 0.4) is 0 Å². The van der Waals surface area contributed by atoms with E-state index in [1.807, 2.05) is 25.1 Å². The van der Waals surface area contributed by atoms with Gasteiger partial charge >= 0.3 is 0 Å². The molecule has 0 unspecified atom stereocenters. The summed E-state index contributed by atoms with van der Waals surface area (Å²) in [7, 11) is 0. The number of unbranched alkanes of at least 4 members (excludes halogenated alkanes) is 1. The minimum Gasteiger partial charge on any atom is -0.484 e. The van der Waals surface area contributed by atoms with Crippen LogP contribution in [-0.2, 0) is 11.2 Å². The number of nitrogens with one attached hydrogen (secondary N) is 1. The summed E-state index contributed by atoms with van der Waals surface area (Å²) in [4.78, 5) is 11.9. The Labute approximate surface area is 142 Å². The first-order valence-corrected chi connectivity index (χ1v) is 8.70. The average Bonchev–Trinajstić information content (AvgIpc) is 2.94. The molecular weight excluding hydrogens is 366 g/mol. The molecule has 5 nitrogen and oxygen atoms in total. The molecule has 1 N–H and O–H groups in total. The minimum absolute atomic E-state index is 0.0506. The molecule has 1 heterocycles. The summed E-state index contributed by atoms with van der Waals surface area (Å²) in [5.74, 6) is 0.426. The number of halogens is 1. The second-order valence-electron chi connectivity index (χ2n) is 4.85. The van der Waals surface area contributed by atoms with E-state index in [0.717, 1.165) is 34.3 Å². The molecule has 2 rings (SSSR count). The number of benzene rings is 1. The van der Waals surface area contributed by atoms with Crippen molar-refractivity contribution in [2.24, 2.45) is 0 Å². The molecule has 118 valence electrons. The number of anilines is 1. The van der Waals surface area contributed by atoms with Crippen molar-refractivity contribution in [3.05, 3.63) is 33.2 Å². The van der Waals surface area contributed by atoms with Crippen LogP contribution in [0.5, 0.6) is 5.75 Å². The second kappa shape index (κ2) is 8.24. The summed E-state index contributed by atoms with van der Waals surface area (Å²) in [6, 6.07) is 5.59. The molecule has 0 atom stereocenters. The van der Waals surface area contributed by atoms with Crippen molar-refractivity contribution in [1.82, 2.24) is 10.2 Å². The Balaban J connectivity index is 1.82. The number of carbonyl (C=O) groups excluding carboxylic acids is 1. The topological polar surface area (TPSA) is 64.1 Å². The molecule has 1 amide bonds. The fourth-order valence-electron chi connectivity index (χ4n) is 1.74. The van der Waals surface area contributed by atoms with Gasteiger partial charge in [0.15, 0.2) is 6.61 Å². The van der Waals surface area contributed by atoms with Gasteiger partial charge in [-0.25, -0.2) is 0 Å². The van der Waals surface area contributed by atoms with Crippen molar-refractivity contribution in [2.45, 2.75) is 33.1 Å². The van der Waals surface area contributed by atoms with Gasteiger partial charge in [-0.05, 0) is 37.1 Å². The van der Waals surface area contributed by atoms with E-state index >= 15 is 0 Å². The summed E-state index contributed by atoms with van der Waals surface area (Å²) < 4.78 is 6.48. The summed E-state index contributed by atoms with van der Waals surface area (Å²) in [5.41, 5.74) is 1.06. The van der Waals surface area contributed by atoms with Gasteiger partial charge in [0.2, 0.25) is 5.13 Å². The lowest BCUT2D eigenvalue weighted by Gasteiger charge is -2.07. The van der Waals surface area contributed by atoms with E-state index < -0.39 is 0 Å². The lowest BCUT2D eigenvalue weighted by Crippen LogP contribution is -2.20. The van der Waals surface area contributed by atoms with Gasteiger partial charge in [-0.3, -0.25) is 10.1 Å². The van der Waals surface area contributed by atoms with E-state index in [1.165, 1.54) is 11.3 Å². The van der Waals surface area contributed by atoms with Crippen molar-refractivity contribution in [3.63, 3.8) is 0 Å². The van der Waals surface area contributed by atoms with Crippen molar-refractivity contribution < 1.29 is 9.53 Å². The van der Waals surface area contributed by atoms with Crippen LogP contribution in [0, 0.1) is 6.92 Å². The van der Waals surface area contributed by atoms with Gasteiger partial charge in [0.05, 0.1) is 0 Å². The first kappa shape index (κ1) is 16.9. The smallest absolute Gasteiger partial charge is 0.264 e. The third-order valence-corrected chi connectivity index (χ3v) is 4.74. The predicted molar refractivity (Wildman–Crippen MR) is 91.5 cm³/mol. The highest BCUT2D eigenvalue weighted by Crippen LogP contribution is 2.21. The van der Waals surface area contributed by atoms with E-state index in [4.69, 9.17) is 4.74 Å². The average molecular weight is 384 g/mol. The molecule has 22 heavy (non-hydrogen) atoms. The Morgan fingerprint density at radius 2 is 2.23 bits per heavy atom. The fourth-order valence-corrected chi connectivity index (χ4v) is 2.79. The van der Waals surface area contributed by atoms with Crippen LogP contribution in [0.15, 0.2) is 22.7 Å². The van der Waals surface area contributed by atoms with E-state index in [9.17, 15) is 4.79 Å². The third kappa shape index (κ3) is 5.06. The molecule has 0 spiro atoms. The van der Waals surface area contributed by atoms with E-state index in [-0.39, 0.29) is 12.5 Å². The highest BCUT2D eigenvalue weighted by Gasteiger charge is 2.09. The number of carbonyl (C=O) groups is 1. The van der Waals surface area contributed by atoms with E-state index in [1.54, 1.807) is 0 Å². The number of rotatable bonds is 7. The first-order chi connectivity index (χ1) is 10.6. The maximum absolute atomic E-state index is 11.9. The van der Waals surface area contributed by atoms with Crippen molar-refractivity contribution in [1.29, 1.82) is 0 Å². The Bertz CT molecular complexity index is 645. The number of aryl methyl sites for hydroxylation is 2. The number of amides is 1. The van der Waals surface area contributed by atoms with Gasteiger partial charge in [-0.1, -0.05) is 40.6 Å². The standard InChI is InChI=1S/C15H18BrN3O2S/c1-3-4-5-14-18-19-15(22-14)17-13(20)9-21-11-6-7-12(16)10(2)8-11/h6-8H,3-5,9H2,1-2H3,(H,17,19,20). The Morgan fingerprint density at radius 3 is 2.95 bits per heavy atom. The maximum Gasteiger partial charge on any atom is 0.264 e. The molecular formula is C15H18BrN3O2S. The van der Waals surface area contributed by atoms with Crippen LogP contribution < -0.4 is 10.1 Å². The summed E-state index contributed by atoms with van der Waals surface area (Å²) in [6.07, 6.45) is 3.09. The van der Waals surface area contributed by atoms with Crippen LogP contribution >= 0.6 is 27.3 Å². The largest absolute Gasteiger partial charge is 0.484 e. The van der Waals surface area contributed by atoms with Crippen LogP contribution in [0.4, 0.5) is 5.13 Å². The zero-order chi connectivity index (χ0) is 15.9. The number of ether oxygens (including phenoxy) is 1. The molecule has 0 radical (unpaired) electrons. The Hall–Kier alpha value is -1.47. The van der Waals surface area contributed by atoms with Crippen LogP contribution in [0.1, 0.15) is 30.3 Å². The Morgan fingerprint density at radius 1 is 1.41 bits per heavy atom. The van der Waals surface area contributed by atoms with Crippen LogP contribution in [-0.4, -0.2) is 22.7 Å². The number of hydrogen-bond donors (Lipinski definition) is 1. The van der Waals surface area contributed by atoms with Crippen LogP contribution in [0.25, 0.3) is 0 Å². The molecule has 0 fully saturated rings. The van der Waals surface area contributed by atoms with Gasteiger partial charge in [-0.2, -0.15) is 0 Å². The fraction of sp³-hybridized carbons (Fsp3) is 0.400. The SMILES string of the molecule is CCCCc1nnc(NC(=O)COc2ccc(Br)c(C)c2)s1. The summed E-state index contributed by atoms with van der Waals surface area (Å²) in [5, 5.41) is 12.2. The molecule has 7 heteroatoms. The monoisotopic (exact) mass is 383 g/mol. The number of hydrogen-bond acceptors (Lipinski definition) is 5. The first-order valence-electron chi connectivity index (χ1n) is 7.09. The molecule has 0 bridgehead atoms. The zero-order valence-electron chi connectivity index (χ0n) is 12.6. The molecule has 1 aromatic heterocycles. The molecule has 0 saturated heterocycles. The lowest BCUT2D eigenvalue weighted by molar-refractivity contribution is -0.118. The third-order valence-electron chi connectivity index (χ3n) is 2.96. The highest BCUT2D eigenvalue weighted by molar-refractivity contribution is 9.10. The van der Waals surface area contributed by atoms with Gasteiger partial charge in [-0.15, -0.1) is 10.2 Å². The second-order valence-corrected chi connectivity index (χ2v) is 6.77. The summed E-state index contributed by atoms with van der Waals surface area (Å²) >= 11 is 4.84. The van der Waals surface area contributed by atoms with E-state index in [0.29, 0.717) is 10.9 Å². The molecule has 0 aliphatic heterocycles. The summed E-state index contributed by atoms with van der Waals surface area (Å²) in [6.45, 7) is 4.05. The lowest BCUT2D eigenvalue weighted by atomic mass is 10.2. The molecule has 0 aliphatic carbocycles. The van der Waals surface area contributed by atoms with E-state index in [2.05, 4.69) is 38.4 Å². The van der Waals surface area contributed by atoms with Crippen molar-refractivity contribution in [2.75, 3.05) is 11.9 Å². The van der Waals surface area contributed by atoms with Gasteiger partial charge < -0.3 is 4.74 Å². The molecule has 2 aromatic rings. The van der Waals surface area contributed by atoms with Gasteiger partial charge in [0.1, 0.15) is 10.8 Å². The molecule has 0 aliphatic rings. The van der Waals surface area contributed by atoms with Gasteiger partial charge in [0.25, 0.3) is 5.91 Å². The molecule has 0 saturated carbocycles. The Kier molecular flexibility index (Phi) is 6.33. The van der Waals surface area contributed by atoms with Crippen molar-refractivity contribution in [3.8, 4) is 5.75 Å². The predicted octanol–water partition coefficient (Wildman–Crippen LogP) is 3.97. The number of nitrogens with zero attached hydrogens (tertiary/aromatic N) is 2. The normalized spacial score (nSPS) is 10.5. The zero-order valence-corrected chi connectivity index (χ0v) is 15.0. The van der Waals surface area contributed by atoms with Crippen molar-refractivity contribution >= 4 is 38.3 Å². The minimum atomic E-state index is -0.237. The number of aromatic nitrogens is 2. The molecule has 1 aromatic carbocycles. The van der Waals surface area contributed by atoms with Gasteiger partial charge in [0, 0.05) is 10.9 Å².